The molecule has 1 aliphatic heterocycles. The van der Waals surface area contributed by atoms with Gasteiger partial charge in [0.15, 0.2) is 0 Å². The summed E-state index contributed by atoms with van der Waals surface area (Å²) in [5.41, 5.74) is 3.61. The van der Waals surface area contributed by atoms with Crippen LogP contribution in [0.3, 0.4) is 0 Å². The average Bonchev–Trinajstić information content (AvgIpc) is 2.92. The molecule has 0 radical (unpaired) electrons. The van der Waals surface area contributed by atoms with E-state index >= 15 is 0 Å². The SMILES string of the molecule is Cc1ccccc1[C@H]1CCN(C(=O)c2ccsc2)CCS1. The zero-order valence-electron chi connectivity index (χ0n) is 12.1. The number of amides is 1. The third-order valence-corrected chi connectivity index (χ3v) is 5.93. The van der Waals surface area contributed by atoms with Crippen LogP contribution in [0.25, 0.3) is 0 Å². The summed E-state index contributed by atoms with van der Waals surface area (Å²) in [5, 5.41) is 4.42. The van der Waals surface area contributed by atoms with Crippen LogP contribution < -0.4 is 0 Å². The second-order valence-electron chi connectivity index (χ2n) is 5.31. The zero-order chi connectivity index (χ0) is 14.7. The molecule has 21 heavy (non-hydrogen) atoms. The van der Waals surface area contributed by atoms with Crippen molar-refractivity contribution in [3.05, 3.63) is 57.8 Å². The molecule has 3 rings (SSSR count). The van der Waals surface area contributed by atoms with Gasteiger partial charge in [0.05, 0.1) is 5.56 Å². The van der Waals surface area contributed by atoms with E-state index in [4.69, 9.17) is 0 Å². The van der Waals surface area contributed by atoms with Crippen molar-refractivity contribution >= 4 is 29.0 Å². The molecule has 0 spiro atoms. The monoisotopic (exact) mass is 317 g/mol. The normalized spacial score (nSPS) is 19.3. The number of hydrogen-bond donors (Lipinski definition) is 0. The van der Waals surface area contributed by atoms with E-state index in [9.17, 15) is 4.79 Å². The van der Waals surface area contributed by atoms with Crippen LogP contribution in [0.2, 0.25) is 0 Å². The highest BCUT2D eigenvalue weighted by Crippen LogP contribution is 2.36. The molecule has 1 aliphatic rings. The van der Waals surface area contributed by atoms with Crippen molar-refractivity contribution in [2.24, 2.45) is 0 Å². The molecule has 110 valence electrons. The first-order valence-corrected chi connectivity index (χ1v) is 9.23. The lowest BCUT2D eigenvalue weighted by molar-refractivity contribution is 0.0767. The smallest absolute Gasteiger partial charge is 0.254 e. The minimum atomic E-state index is 0.183. The van der Waals surface area contributed by atoms with Gasteiger partial charge in [-0.3, -0.25) is 4.79 Å². The van der Waals surface area contributed by atoms with Crippen LogP contribution in [-0.2, 0) is 0 Å². The fourth-order valence-corrected chi connectivity index (χ4v) is 4.69. The van der Waals surface area contributed by atoms with Crippen LogP contribution in [-0.4, -0.2) is 29.6 Å². The number of aryl methyl sites for hydroxylation is 1. The van der Waals surface area contributed by atoms with Crippen LogP contribution in [0, 0.1) is 6.92 Å². The first-order valence-electron chi connectivity index (χ1n) is 7.24. The van der Waals surface area contributed by atoms with Gasteiger partial charge in [-0.25, -0.2) is 0 Å². The van der Waals surface area contributed by atoms with Crippen LogP contribution in [0.5, 0.6) is 0 Å². The molecule has 0 N–H and O–H groups in total. The minimum Gasteiger partial charge on any atom is -0.338 e. The topological polar surface area (TPSA) is 20.3 Å². The first kappa shape index (κ1) is 14.7. The Hall–Kier alpha value is -1.26. The first-order chi connectivity index (χ1) is 10.3. The van der Waals surface area contributed by atoms with Gasteiger partial charge in [0.1, 0.15) is 0 Å². The van der Waals surface area contributed by atoms with Gasteiger partial charge in [-0.1, -0.05) is 24.3 Å². The fraction of sp³-hybridized carbons (Fsp3) is 0.353. The summed E-state index contributed by atoms with van der Waals surface area (Å²) in [6.07, 6.45) is 1.03. The zero-order valence-corrected chi connectivity index (χ0v) is 13.8. The summed E-state index contributed by atoms with van der Waals surface area (Å²) < 4.78 is 0. The Morgan fingerprint density at radius 1 is 1.24 bits per heavy atom. The van der Waals surface area contributed by atoms with Gasteiger partial charge in [-0.15, -0.1) is 0 Å². The van der Waals surface area contributed by atoms with E-state index in [0.29, 0.717) is 5.25 Å². The molecule has 0 bridgehead atoms. The van der Waals surface area contributed by atoms with E-state index in [2.05, 4.69) is 31.2 Å². The molecule has 1 amide bonds. The molecule has 4 heteroatoms. The molecular weight excluding hydrogens is 298 g/mol. The number of nitrogens with zero attached hydrogens (tertiary/aromatic N) is 1. The second kappa shape index (κ2) is 6.67. The molecule has 1 atom stereocenters. The van der Waals surface area contributed by atoms with Crippen molar-refractivity contribution in [3.8, 4) is 0 Å². The lowest BCUT2D eigenvalue weighted by Crippen LogP contribution is -2.32. The van der Waals surface area contributed by atoms with E-state index in [1.165, 1.54) is 11.1 Å². The predicted molar refractivity (Wildman–Crippen MR) is 91.2 cm³/mol. The number of carbonyl (C=O) groups excluding carboxylic acids is 1. The Balaban J connectivity index is 1.70. The molecule has 2 aromatic rings. The van der Waals surface area contributed by atoms with Crippen LogP contribution in [0.15, 0.2) is 41.1 Å². The lowest BCUT2D eigenvalue weighted by atomic mass is 10.0. The Bertz CT molecular complexity index is 609. The maximum Gasteiger partial charge on any atom is 0.254 e. The lowest BCUT2D eigenvalue weighted by Gasteiger charge is -2.20. The second-order valence-corrected chi connectivity index (χ2v) is 7.40. The van der Waals surface area contributed by atoms with Crippen LogP contribution in [0.4, 0.5) is 0 Å². The standard InChI is InChI=1S/C17H19NOS2/c1-13-4-2-3-5-15(13)16-6-8-18(9-11-21-16)17(19)14-7-10-20-12-14/h2-5,7,10,12,16H,6,8-9,11H2,1H3/t16-/m1/s1. The molecule has 0 saturated carbocycles. The number of carbonyl (C=O) groups is 1. The largest absolute Gasteiger partial charge is 0.338 e. The molecule has 2 heterocycles. The van der Waals surface area contributed by atoms with Gasteiger partial charge in [-0.05, 0) is 35.9 Å². The molecule has 1 saturated heterocycles. The maximum absolute atomic E-state index is 12.4. The third-order valence-electron chi connectivity index (χ3n) is 3.93. The summed E-state index contributed by atoms with van der Waals surface area (Å²) in [6.45, 7) is 3.87. The van der Waals surface area contributed by atoms with E-state index in [1.54, 1.807) is 11.3 Å². The van der Waals surface area contributed by atoms with Gasteiger partial charge in [0.25, 0.3) is 5.91 Å². The van der Waals surface area contributed by atoms with Crippen molar-refractivity contribution < 1.29 is 4.79 Å². The summed E-state index contributed by atoms with van der Waals surface area (Å²) >= 11 is 3.56. The van der Waals surface area contributed by atoms with Gasteiger partial charge >= 0.3 is 0 Å². The van der Waals surface area contributed by atoms with E-state index in [1.807, 2.05) is 33.5 Å². The summed E-state index contributed by atoms with van der Waals surface area (Å²) in [5.74, 6) is 1.19. The molecule has 2 nitrogen and oxygen atoms in total. The summed E-state index contributed by atoms with van der Waals surface area (Å²) in [7, 11) is 0. The number of benzene rings is 1. The molecule has 0 aliphatic carbocycles. The number of rotatable bonds is 2. The average molecular weight is 317 g/mol. The van der Waals surface area contributed by atoms with Crippen LogP contribution in [0.1, 0.15) is 33.2 Å². The van der Waals surface area contributed by atoms with Gasteiger partial charge < -0.3 is 4.90 Å². The Labute approximate surface area is 134 Å². The van der Waals surface area contributed by atoms with Crippen molar-refractivity contribution in [3.63, 3.8) is 0 Å². The van der Waals surface area contributed by atoms with E-state index < -0.39 is 0 Å². The number of hydrogen-bond acceptors (Lipinski definition) is 3. The minimum absolute atomic E-state index is 0.183. The highest BCUT2D eigenvalue weighted by atomic mass is 32.2. The third kappa shape index (κ3) is 3.33. The van der Waals surface area contributed by atoms with Crippen molar-refractivity contribution in [2.45, 2.75) is 18.6 Å². The predicted octanol–water partition coefficient (Wildman–Crippen LogP) is 4.38. The maximum atomic E-state index is 12.4. The Morgan fingerprint density at radius 3 is 2.86 bits per heavy atom. The highest BCUT2D eigenvalue weighted by Gasteiger charge is 2.23. The van der Waals surface area contributed by atoms with E-state index in [0.717, 1.165) is 30.8 Å². The van der Waals surface area contributed by atoms with E-state index in [-0.39, 0.29) is 5.91 Å². The van der Waals surface area contributed by atoms with Gasteiger partial charge in [0.2, 0.25) is 0 Å². The Morgan fingerprint density at radius 2 is 2.10 bits per heavy atom. The molecule has 1 aromatic carbocycles. The van der Waals surface area contributed by atoms with Crippen molar-refractivity contribution in [1.82, 2.24) is 4.90 Å². The highest BCUT2D eigenvalue weighted by molar-refractivity contribution is 7.99. The quantitative estimate of drug-likeness (QED) is 0.819. The fourth-order valence-electron chi connectivity index (χ4n) is 2.74. The van der Waals surface area contributed by atoms with Crippen molar-refractivity contribution in [2.75, 3.05) is 18.8 Å². The van der Waals surface area contributed by atoms with Gasteiger partial charge in [0, 0.05) is 29.5 Å². The van der Waals surface area contributed by atoms with Gasteiger partial charge in [-0.2, -0.15) is 23.1 Å². The summed E-state index contributed by atoms with van der Waals surface area (Å²) in [4.78, 5) is 14.5. The van der Waals surface area contributed by atoms with Crippen molar-refractivity contribution in [1.29, 1.82) is 0 Å². The molecule has 1 fully saturated rings. The van der Waals surface area contributed by atoms with Crippen LogP contribution >= 0.6 is 23.1 Å². The summed E-state index contributed by atoms with van der Waals surface area (Å²) in [6, 6.07) is 10.5. The number of thioether (sulfide) groups is 1. The molecule has 0 unspecified atom stereocenters. The number of thiophene rings is 1. The molecular formula is C17H19NOS2. The Kier molecular flexibility index (Phi) is 4.66. The molecule has 1 aromatic heterocycles.